The summed E-state index contributed by atoms with van der Waals surface area (Å²) in [5.41, 5.74) is 7.36. The van der Waals surface area contributed by atoms with E-state index >= 15 is 0 Å². The molecule has 7 heteroatoms. The number of ether oxygens (including phenoxy) is 3. The second-order valence-electron chi connectivity index (χ2n) is 4.72. The van der Waals surface area contributed by atoms with E-state index in [4.69, 9.17) is 15.0 Å². The van der Waals surface area contributed by atoms with Gasteiger partial charge in [0, 0.05) is 0 Å². The topological polar surface area (TPSA) is 98.2 Å². The molecule has 0 bridgehead atoms. The number of hydrogen-bond donors (Lipinski definition) is 0. The molecule has 20 heavy (non-hydrogen) atoms. The maximum absolute atomic E-state index is 12.4. The van der Waals surface area contributed by atoms with Crippen molar-refractivity contribution < 1.29 is 28.6 Å². The fourth-order valence-electron chi connectivity index (χ4n) is 2.67. The van der Waals surface area contributed by atoms with E-state index in [1.807, 2.05) is 6.08 Å². The van der Waals surface area contributed by atoms with Gasteiger partial charge in [0.25, 0.3) is 5.78 Å². The van der Waals surface area contributed by atoms with Crippen molar-refractivity contribution in [3.63, 3.8) is 0 Å². The highest BCUT2D eigenvalue weighted by atomic mass is 16.6. The van der Waals surface area contributed by atoms with E-state index in [1.165, 1.54) is 0 Å². The van der Waals surface area contributed by atoms with Crippen LogP contribution in [0, 0.1) is 5.92 Å². The third-order valence-electron chi connectivity index (χ3n) is 3.77. The largest absolute Gasteiger partial charge is 0.493 e. The minimum atomic E-state index is -0.971. The van der Waals surface area contributed by atoms with Crippen molar-refractivity contribution in [2.24, 2.45) is 5.92 Å². The number of methoxy groups -OCH3 is 1. The lowest BCUT2D eigenvalue weighted by Crippen LogP contribution is -2.50. The molecular weight excluding hydrogens is 264 g/mol. The molecule has 0 radical (unpaired) electrons. The zero-order valence-electron chi connectivity index (χ0n) is 11.4. The molecule has 0 N–H and O–H groups in total. The van der Waals surface area contributed by atoms with Crippen molar-refractivity contribution in [3.05, 3.63) is 17.4 Å². The number of hydrogen-bond acceptors (Lipinski definition) is 5. The maximum Gasteiger partial charge on any atom is 0.441 e. The molecule has 0 saturated carbocycles. The van der Waals surface area contributed by atoms with E-state index in [-0.39, 0.29) is 0 Å². The molecule has 108 valence electrons. The summed E-state index contributed by atoms with van der Waals surface area (Å²) in [6.45, 7) is 2.44. The van der Waals surface area contributed by atoms with Gasteiger partial charge in [0.05, 0.1) is 19.6 Å². The Hall–Kier alpha value is -1.98. The molecule has 1 aliphatic heterocycles. The first-order valence-electron chi connectivity index (χ1n) is 6.39. The van der Waals surface area contributed by atoms with E-state index < -0.39 is 29.0 Å². The minimum Gasteiger partial charge on any atom is -0.493 e. The van der Waals surface area contributed by atoms with Gasteiger partial charge in [-0.2, -0.15) is 4.79 Å². The van der Waals surface area contributed by atoms with Gasteiger partial charge in [0.2, 0.25) is 0 Å². The monoisotopic (exact) mass is 280 g/mol. The third kappa shape index (κ3) is 2.15. The Morgan fingerprint density at radius 2 is 2.25 bits per heavy atom. The van der Waals surface area contributed by atoms with Crippen LogP contribution in [-0.4, -0.2) is 48.2 Å². The molecular formula is C13H16N2O5. The third-order valence-corrected chi connectivity index (χ3v) is 3.77. The molecule has 0 aromatic heterocycles. The van der Waals surface area contributed by atoms with Crippen LogP contribution in [0.25, 0.3) is 5.53 Å². The normalized spacial score (nSPS) is 25.6. The van der Waals surface area contributed by atoms with Crippen LogP contribution in [0.4, 0.5) is 0 Å². The summed E-state index contributed by atoms with van der Waals surface area (Å²) in [4.78, 5) is 26.6. The predicted octanol–water partition coefficient (Wildman–Crippen LogP) is 0.499. The quantitative estimate of drug-likeness (QED) is 0.245. The van der Waals surface area contributed by atoms with Crippen molar-refractivity contribution in [1.29, 1.82) is 0 Å². The zero-order valence-corrected chi connectivity index (χ0v) is 11.4. The molecule has 1 fully saturated rings. The molecule has 2 rings (SSSR count). The second-order valence-corrected chi connectivity index (χ2v) is 4.72. The summed E-state index contributed by atoms with van der Waals surface area (Å²) >= 11 is 0. The number of carbonyl (C=O) groups excluding carboxylic acids is 2. The summed E-state index contributed by atoms with van der Waals surface area (Å²) in [5, 5.41) is 0. The number of rotatable bonds is 4. The maximum atomic E-state index is 12.4. The average molecular weight is 280 g/mol. The van der Waals surface area contributed by atoms with Crippen molar-refractivity contribution in [2.75, 3.05) is 20.3 Å². The van der Waals surface area contributed by atoms with Gasteiger partial charge in [0.15, 0.2) is 0 Å². The van der Waals surface area contributed by atoms with E-state index in [2.05, 4.69) is 9.53 Å². The lowest BCUT2D eigenvalue weighted by Gasteiger charge is -2.39. The number of Topliss-reactive ketones (excluding diaryl/α,β-unsaturated/α-hetero) is 1. The van der Waals surface area contributed by atoms with E-state index in [0.29, 0.717) is 25.4 Å². The second kappa shape index (κ2) is 5.56. The van der Waals surface area contributed by atoms with Crippen LogP contribution in [-0.2, 0) is 23.8 Å². The highest BCUT2D eigenvalue weighted by Gasteiger charge is 2.53. The fourth-order valence-corrected chi connectivity index (χ4v) is 2.67. The van der Waals surface area contributed by atoms with Crippen LogP contribution in [0.3, 0.4) is 0 Å². The van der Waals surface area contributed by atoms with Crippen LogP contribution in [0.5, 0.6) is 0 Å². The predicted molar refractivity (Wildman–Crippen MR) is 66.8 cm³/mol. The number of allylic oxidation sites excluding steroid dienone is 1. The molecule has 2 aliphatic rings. The van der Waals surface area contributed by atoms with Gasteiger partial charge in [-0.1, -0.05) is 6.92 Å². The SMILES string of the molecule is COC(=O)C(=[N+]=[N-])C(=O)[C@H](C)[C@]12CCC=C1OCCO2. The highest BCUT2D eigenvalue weighted by molar-refractivity contribution is 6.62. The minimum absolute atomic E-state index is 0.374. The molecule has 1 aliphatic carbocycles. The fraction of sp³-hybridized carbons (Fsp3) is 0.615. The molecule has 7 nitrogen and oxygen atoms in total. The van der Waals surface area contributed by atoms with E-state index in [9.17, 15) is 9.59 Å². The Labute approximate surface area is 116 Å². The number of carbonyl (C=O) groups is 2. The first-order valence-corrected chi connectivity index (χ1v) is 6.39. The van der Waals surface area contributed by atoms with Gasteiger partial charge in [-0.15, -0.1) is 0 Å². The van der Waals surface area contributed by atoms with Gasteiger partial charge < -0.3 is 19.7 Å². The molecule has 0 aromatic rings. The van der Waals surface area contributed by atoms with Crippen molar-refractivity contribution in [3.8, 4) is 0 Å². The van der Waals surface area contributed by atoms with Gasteiger partial charge >= 0.3 is 11.7 Å². The standard InChI is InChI=1S/C13H16N2O5/c1-8(11(16)10(15-14)12(17)18-2)13-5-3-4-9(13)19-6-7-20-13/h4,8H,3,5-7H2,1-2H3/t8-,13+/m0/s1. The average Bonchev–Trinajstić information content (AvgIpc) is 2.91. The van der Waals surface area contributed by atoms with E-state index in [0.717, 1.165) is 13.5 Å². The molecule has 0 amide bonds. The number of nitrogens with zero attached hydrogens (tertiary/aromatic N) is 2. The lowest BCUT2D eigenvalue weighted by molar-refractivity contribution is -0.154. The van der Waals surface area contributed by atoms with Crippen LogP contribution < -0.4 is 0 Å². The number of esters is 1. The molecule has 1 heterocycles. The van der Waals surface area contributed by atoms with Crippen molar-refractivity contribution in [2.45, 2.75) is 25.4 Å². The molecule has 0 unspecified atom stereocenters. The Morgan fingerprint density at radius 1 is 1.50 bits per heavy atom. The lowest BCUT2D eigenvalue weighted by atomic mass is 9.81. The summed E-state index contributed by atoms with van der Waals surface area (Å²) in [5.74, 6) is -1.69. The summed E-state index contributed by atoms with van der Waals surface area (Å²) in [6.07, 6.45) is 3.21. The molecule has 1 saturated heterocycles. The van der Waals surface area contributed by atoms with Crippen LogP contribution in [0.1, 0.15) is 19.8 Å². The Balaban J connectivity index is 2.28. The van der Waals surface area contributed by atoms with Gasteiger partial charge in [-0.25, -0.2) is 4.79 Å². The Kier molecular flexibility index (Phi) is 4.01. The number of fused-ring (bicyclic) bond motifs is 1. The zero-order chi connectivity index (χ0) is 14.8. The van der Waals surface area contributed by atoms with Gasteiger partial charge in [-0.3, -0.25) is 4.79 Å². The summed E-state index contributed by atoms with van der Waals surface area (Å²) < 4.78 is 15.8. The Morgan fingerprint density at radius 3 is 2.90 bits per heavy atom. The smallest absolute Gasteiger partial charge is 0.441 e. The van der Waals surface area contributed by atoms with Gasteiger partial charge in [-0.05, 0) is 18.9 Å². The first kappa shape index (κ1) is 14.4. The van der Waals surface area contributed by atoms with Crippen LogP contribution in [0.15, 0.2) is 11.8 Å². The van der Waals surface area contributed by atoms with Crippen LogP contribution in [0.2, 0.25) is 0 Å². The molecule has 0 aromatic carbocycles. The van der Waals surface area contributed by atoms with Crippen molar-refractivity contribution in [1.82, 2.24) is 0 Å². The van der Waals surface area contributed by atoms with E-state index in [1.54, 1.807) is 6.92 Å². The summed E-state index contributed by atoms with van der Waals surface area (Å²) in [7, 11) is 1.12. The number of ketones is 1. The van der Waals surface area contributed by atoms with Crippen molar-refractivity contribution >= 4 is 17.5 Å². The molecule has 2 atom stereocenters. The first-order chi connectivity index (χ1) is 9.56. The Bertz CT molecular complexity index is 521. The van der Waals surface area contributed by atoms with Gasteiger partial charge in [0.1, 0.15) is 18.0 Å². The summed E-state index contributed by atoms with van der Waals surface area (Å²) in [6, 6.07) is 0. The highest BCUT2D eigenvalue weighted by Crippen LogP contribution is 2.43. The molecule has 0 spiro atoms. The van der Waals surface area contributed by atoms with Crippen LogP contribution >= 0.6 is 0 Å².